The molecule has 0 fully saturated rings. The number of benzene rings is 2. The van der Waals surface area contributed by atoms with Crippen LogP contribution in [0.15, 0.2) is 57.5 Å². The minimum Gasteiger partial charge on any atom is -0.381 e. The molecule has 0 aliphatic heterocycles. The minimum absolute atomic E-state index is 0.202. The number of ether oxygens (including phenoxy) is 1. The SMILES string of the molecule is CC(C)(C)C(C)(C)c1ccc(Br)cc1.CCOCC(C)c1ccc(Br)cc1. The van der Waals surface area contributed by atoms with Gasteiger partial charge >= 0.3 is 0 Å². The zero-order valence-electron chi connectivity index (χ0n) is 17.8. The maximum Gasteiger partial charge on any atom is 0.0531 e. The normalized spacial score (nSPS) is 12.9. The Hall–Kier alpha value is -0.640. The molecule has 0 aliphatic carbocycles. The van der Waals surface area contributed by atoms with Crippen molar-refractivity contribution < 1.29 is 4.74 Å². The van der Waals surface area contributed by atoms with Gasteiger partial charge in [0.15, 0.2) is 0 Å². The van der Waals surface area contributed by atoms with Crippen LogP contribution in [-0.2, 0) is 10.2 Å². The first-order chi connectivity index (χ1) is 12.5. The fourth-order valence-electron chi connectivity index (χ4n) is 2.48. The lowest BCUT2D eigenvalue weighted by Gasteiger charge is -2.39. The van der Waals surface area contributed by atoms with E-state index in [4.69, 9.17) is 4.74 Å². The summed E-state index contributed by atoms with van der Waals surface area (Å²) in [6.45, 7) is 17.3. The summed E-state index contributed by atoms with van der Waals surface area (Å²) < 4.78 is 7.64. The Morgan fingerprint density at radius 2 is 1.26 bits per heavy atom. The summed E-state index contributed by atoms with van der Waals surface area (Å²) in [7, 11) is 0. The van der Waals surface area contributed by atoms with Gasteiger partial charge in [-0.1, -0.05) is 97.7 Å². The van der Waals surface area contributed by atoms with Crippen molar-refractivity contribution in [1.82, 2.24) is 0 Å². The second-order valence-corrected chi connectivity index (χ2v) is 10.3. The molecule has 0 spiro atoms. The van der Waals surface area contributed by atoms with Crippen molar-refractivity contribution in [2.24, 2.45) is 5.41 Å². The zero-order chi connectivity index (χ0) is 20.7. The Balaban J connectivity index is 0.000000271. The van der Waals surface area contributed by atoms with Gasteiger partial charge in [-0.25, -0.2) is 0 Å². The highest BCUT2D eigenvalue weighted by Crippen LogP contribution is 2.40. The van der Waals surface area contributed by atoms with Crippen molar-refractivity contribution in [3.63, 3.8) is 0 Å². The van der Waals surface area contributed by atoms with Crippen LogP contribution < -0.4 is 0 Å². The van der Waals surface area contributed by atoms with Gasteiger partial charge in [-0.05, 0) is 53.1 Å². The second kappa shape index (κ2) is 10.8. The van der Waals surface area contributed by atoms with Crippen molar-refractivity contribution in [3.8, 4) is 0 Å². The molecule has 0 heterocycles. The molecule has 150 valence electrons. The molecule has 0 saturated heterocycles. The molecule has 27 heavy (non-hydrogen) atoms. The van der Waals surface area contributed by atoms with Gasteiger partial charge in [0.2, 0.25) is 0 Å². The van der Waals surface area contributed by atoms with E-state index in [1.807, 2.05) is 6.92 Å². The highest BCUT2D eigenvalue weighted by molar-refractivity contribution is 9.10. The largest absolute Gasteiger partial charge is 0.381 e. The van der Waals surface area contributed by atoms with Crippen molar-refractivity contribution >= 4 is 31.9 Å². The van der Waals surface area contributed by atoms with E-state index in [0.29, 0.717) is 5.92 Å². The average molecular weight is 498 g/mol. The van der Waals surface area contributed by atoms with Gasteiger partial charge in [0, 0.05) is 21.5 Å². The maximum atomic E-state index is 5.37. The van der Waals surface area contributed by atoms with Crippen LogP contribution >= 0.6 is 31.9 Å². The monoisotopic (exact) mass is 496 g/mol. The van der Waals surface area contributed by atoms with E-state index in [1.54, 1.807) is 0 Å². The smallest absolute Gasteiger partial charge is 0.0531 e. The molecule has 3 heteroatoms. The van der Waals surface area contributed by atoms with Crippen LogP contribution in [0.4, 0.5) is 0 Å². The summed E-state index contributed by atoms with van der Waals surface area (Å²) in [6.07, 6.45) is 0. The Bertz CT molecular complexity index is 667. The Kier molecular flexibility index (Phi) is 9.74. The molecule has 2 rings (SSSR count). The first kappa shape index (κ1) is 24.4. The summed E-state index contributed by atoms with van der Waals surface area (Å²) in [6, 6.07) is 17.0. The molecule has 0 N–H and O–H groups in total. The quantitative estimate of drug-likeness (QED) is 0.403. The molecule has 0 saturated carbocycles. The van der Waals surface area contributed by atoms with Crippen LogP contribution in [0.2, 0.25) is 0 Å². The minimum atomic E-state index is 0.202. The van der Waals surface area contributed by atoms with Crippen LogP contribution in [0.1, 0.15) is 65.5 Å². The molecule has 1 nitrogen and oxygen atoms in total. The van der Waals surface area contributed by atoms with Gasteiger partial charge in [-0.2, -0.15) is 0 Å². The second-order valence-electron chi connectivity index (χ2n) is 8.49. The molecule has 1 unspecified atom stereocenters. The molecule has 0 amide bonds. The molecule has 0 aromatic heterocycles. The van der Waals surface area contributed by atoms with Gasteiger partial charge in [0.05, 0.1) is 6.61 Å². The standard InChI is InChI=1S/C13H19Br.C11H15BrO/c1-12(2,3)13(4,5)10-6-8-11(14)9-7-10;1-3-13-8-9(2)10-4-6-11(12)7-5-10/h6-9H,1-5H3;4-7,9H,3,8H2,1-2H3. The van der Waals surface area contributed by atoms with Crippen molar-refractivity contribution in [3.05, 3.63) is 68.6 Å². The van der Waals surface area contributed by atoms with E-state index >= 15 is 0 Å². The molecule has 1 atom stereocenters. The Morgan fingerprint density at radius 1 is 0.815 bits per heavy atom. The fraction of sp³-hybridized carbons (Fsp3) is 0.500. The van der Waals surface area contributed by atoms with Crippen molar-refractivity contribution in [2.75, 3.05) is 13.2 Å². The summed E-state index contributed by atoms with van der Waals surface area (Å²) in [5.41, 5.74) is 3.21. The van der Waals surface area contributed by atoms with Crippen LogP contribution in [0.5, 0.6) is 0 Å². The van der Waals surface area contributed by atoms with Crippen molar-refractivity contribution in [2.45, 2.75) is 59.8 Å². The maximum absolute atomic E-state index is 5.37. The van der Waals surface area contributed by atoms with Gasteiger partial charge < -0.3 is 4.74 Å². The highest BCUT2D eigenvalue weighted by Gasteiger charge is 2.34. The van der Waals surface area contributed by atoms with Crippen LogP contribution in [-0.4, -0.2) is 13.2 Å². The summed E-state index contributed by atoms with van der Waals surface area (Å²) in [4.78, 5) is 0. The fourth-order valence-corrected chi connectivity index (χ4v) is 3.01. The number of hydrogen-bond donors (Lipinski definition) is 0. The molecule has 0 aliphatic rings. The lowest BCUT2D eigenvalue weighted by molar-refractivity contribution is 0.136. The third-order valence-corrected chi connectivity index (χ3v) is 6.51. The van der Waals surface area contributed by atoms with Gasteiger partial charge in [-0.3, -0.25) is 0 Å². The lowest BCUT2D eigenvalue weighted by atomic mass is 9.65. The molecular weight excluding hydrogens is 464 g/mol. The van der Waals surface area contributed by atoms with Crippen LogP contribution in [0.25, 0.3) is 0 Å². The molecule has 0 radical (unpaired) electrons. The summed E-state index contributed by atoms with van der Waals surface area (Å²) in [5.74, 6) is 0.480. The van der Waals surface area contributed by atoms with Gasteiger partial charge in [0.25, 0.3) is 0 Å². The Morgan fingerprint density at radius 3 is 1.67 bits per heavy atom. The van der Waals surface area contributed by atoms with E-state index in [1.165, 1.54) is 11.1 Å². The third-order valence-electron chi connectivity index (χ3n) is 5.45. The van der Waals surface area contributed by atoms with Crippen LogP contribution in [0.3, 0.4) is 0 Å². The van der Waals surface area contributed by atoms with E-state index in [2.05, 4.69) is 122 Å². The molecule has 2 aromatic carbocycles. The third kappa shape index (κ3) is 7.71. The first-order valence-electron chi connectivity index (χ1n) is 9.58. The molecule has 0 bridgehead atoms. The highest BCUT2D eigenvalue weighted by atomic mass is 79.9. The molecular formula is C24H34Br2O. The topological polar surface area (TPSA) is 9.23 Å². The van der Waals surface area contributed by atoms with E-state index in [-0.39, 0.29) is 10.8 Å². The number of rotatable bonds is 5. The molecule has 2 aromatic rings. The van der Waals surface area contributed by atoms with Crippen LogP contribution in [0, 0.1) is 5.41 Å². The first-order valence-corrected chi connectivity index (χ1v) is 11.2. The summed E-state index contributed by atoms with van der Waals surface area (Å²) in [5, 5.41) is 0. The Labute approximate surface area is 183 Å². The van der Waals surface area contributed by atoms with Gasteiger partial charge in [0.1, 0.15) is 0 Å². The van der Waals surface area contributed by atoms with Crippen molar-refractivity contribution in [1.29, 1.82) is 0 Å². The average Bonchev–Trinajstić information content (AvgIpc) is 2.60. The number of hydrogen-bond acceptors (Lipinski definition) is 1. The predicted octanol–water partition coefficient (Wildman–Crippen LogP) is 8.36. The summed E-state index contributed by atoms with van der Waals surface area (Å²) >= 11 is 6.88. The van der Waals surface area contributed by atoms with E-state index in [0.717, 1.165) is 22.2 Å². The zero-order valence-corrected chi connectivity index (χ0v) is 20.9. The number of halogens is 2. The lowest BCUT2D eigenvalue weighted by Crippen LogP contribution is -2.33. The predicted molar refractivity (Wildman–Crippen MR) is 126 cm³/mol. The van der Waals surface area contributed by atoms with Gasteiger partial charge in [-0.15, -0.1) is 0 Å². The van der Waals surface area contributed by atoms with E-state index < -0.39 is 0 Å². The van der Waals surface area contributed by atoms with E-state index in [9.17, 15) is 0 Å².